The SMILES string of the molecule is Cc1ccc(SCC(=O)Nc2ccc(Oc3ccccc3)cc2)nc1. The Labute approximate surface area is 151 Å². The standard InChI is InChI=1S/C20H18N2O2S/c1-15-7-12-20(21-13-15)25-14-19(23)22-16-8-10-18(11-9-16)24-17-5-3-2-4-6-17/h2-13H,14H2,1H3,(H,22,23). The van der Waals surface area contributed by atoms with Gasteiger partial charge in [-0.15, -0.1) is 0 Å². The quantitative estimate of drug-likeness (QED) is 0.642. The lowest BCUT2D eigenvalue weighted by Crippen LogP contribution is -2.13. The molecule has 0 radical (unpaired) electrons. The fraction of sp³-hybridized carbons (Fsp3) is 0.100. The minimum atomic E-state index is -0.0656. The van der Waals surface area contributed by atoms with Crippen molar-refractivity contribution in [2.24, 2.45) is 0 Å². The Kier molecular flexibility index (Phi) is 5.69. The van der Waals surface area contributed by atoms with E-state index < -0.39 is 0 Å². The van der Waals surface area contributed by atoms with Crippen LogP contribution >= 0.6 is 11.8 Å². The Morgan fingerprint density at radius 3 is 2.40 bits per heavy atom. The minimum Gasteiger partial charge on any atom is -0.457 e. The number of aromatic nitrogens is 1. The van der Waals surface area contributed by atoms with Crippen LogP contribution in [-0.2, 0) is 4.79 Å². The van der Waals surface area contributed by atoms with Gasteiger partial charge in [0.15, 0.2) is 0 Å². The van der Waals surface area contributed by atoms with Crippen molar-refractivity contribution in [1.29, 1.82) is 0 Å². The van der Waals surface area contributed by atoms with Gasteiger partial charge in [0.05, 0.1) is 10.8 Å². The lowest BCUT2D eigenvalue weighted by Gasteiger charge is -2.08. The second kappa shape index (κ2) is 8.35. The number of rotatable bonds is 6. The van der Waals surface area contributed by atoms with E-state index in [9.17, 15) is 4.79 Å². The van der Waals surface area contributed by atoms with E-state index in [0.29, 0.717) is 5.75 Å². The van der Waals surface area contributed by atoms with Crippen LogP contribution in [-0.4, -0.2) is 16.6 Å². The molecule has 1 aromatic heterocycles. The number of ether oxygens (including phenoxy) is 1. The number of thioether (sulfide) groups is 1. The second-order valence-electron chi connectivity index (χ2n) is 5.45. The first-order chi connectivity index (χ1) is 12.2. The molecule has 0 bridgehead atoms. The van der Waals surface area contributed by atoms with Crippen LogP contribution in [0, 0.1) is 6.92 Å². The Balaban J connectivity index is 1.50. The Morgan fingerprint density at radius 2 is 1.72 bits per heavy atom. The molecule has 0 spiro atoms. The van der Waals surface area contributed by atoms with E-state index in [4.69, 9.17) is 4.74 Å². The number of hydrogen-bond acceptors (Lipinski definition) is 4. The average molecular weight is 350 g/mol. The van der Waals surface area contributed by atoms with Crippen molar-refractivity contribution >= 4 is 23.4 Å². The molecule has 2 aromatic carbocycles. The maximum absolute atomic E-state index is 12.0. The van der Waals surface area contributed by atoms with Crippen LogP contribution in [0.4, 0.5) is 5.69 Å². The van der Waals surface area contributed by atoms with Crippen molar-refractivity contribution in [1.82, 2.24) is 4.98 Å². The molecule has 5 heteroatoms. The summed E-state index contributed by atoms with van der Waals surface area (Å²) >= 11 is 1.41. The van der Waals surface area contributed by atoms with E-state index >= 15 is 0 Å². The van der Waals surface area contributed by atoms with Crippen LogP contribution in [0.5, 0.6) is 11.5 Å². The summed E-state index contributed by atoms with van der Waals surface area (Å²) < 4.78 is 5.73. The molecule has 4 nitrogen and oxygen atoms in total. The third-order valence-corrected chi connectivity index (χ3v) is 4.30. The Morgan fingerprint density at radius 1 is 1.00 bits per heavy atom. The number of carbonyl (C=O) groups excluding carboxylic acids is 1. The summed E-state index contributed by atoms with van der Waals surface area (Å²) in [4.78, 5) is 16.3. The van der Waals surface area contributed by atoms with Gasteiger partial charge >= 0.3 is 0 Å². The summed E-state index contributed by atoms with van der Waals surface area (Å²) in [7, 11) is 0. The topological polar surface area (TPSA) is 51.2 Å². The molecule has 3 aromatic rings. The van der Waals surface area contributed by atoms with Gasteiger partial charge < -0.3 is 10.1 Å². The minimum absolute atomic E-state index is 0.0656. The van der Waals surface area contributed by atoms with Crippen LogP contribution < -0.4 is 10.1 Å². The fourth-order valence-electron chi connectivity index (χ4n) is 2.11. The molecule has 0 aliphatic carbocycles. The van der Waals surface area contributed by atoms with E-state index in [-0.39, 0.29) is 5.91 Å². The number of para-hydroxylation sites is 1. The number of pyridine rings is 1. The smallest absolute Gasteiger partial charge is 0.234 e. The Bertz CT molecular complexity index is 819. The second-order valence-corrected chi connectivity index (χ2v) is 6.45. The molecule has 0 unspecified atom stereocenters. The van der Waals surface area contributed by atoms with Crippen LogP contribution in [0.2, 0.25) is 0 Å². The molecule has 1 N–H and O–H groups in total. The van der Waals surface area contributed by atoms with Crippen LogP contribution in [0.3, 0.4) is 0 Å². The lowest BCUT2D eigenvalue weighted by molar-refractivity contribution is -0.113. The van der Waals surface area contributed by atoms with Gasteiger partial charge in [0.25, 0.3) is 0 Å². The van der Waals surface area contributed by atoms with Crippen LogP contribution in [0.1, 0.15) is 5.56 Å². The maximum Gasteiger partial charge on any atom is 0.234 e. The van der Waals surface area contributed by atoms with Crippen molar-refractivity contribution in [3.05, 3.63) is 78.5 Å². The van der Waals surface area contributed by atoms with Crippen molar-refractivity contribution in [3.63, 3.8) is 0 Å². The Hall–Kier alpha value is -2.79. The van der Waals surface area contributed by atoms with Crippen molar-refractivity contribution in [3.8, 4) is 11.5 Å². The van der Waals surface area contributed by atoms with Crippen molar-refractivity contribution < 1.29 is 9.53 Å². The highest BCUT2D eigenvalue weighted by atomic mass is 32.2. The average Bonchev–Trinajstić information content (AvgIpc) is 2.64. The third-order valence-electron chi connectivity index (χ3n) is 3.35. The molecule has 0 saturated heterocycles. The fourth-order valence-corrected chi connectivity index (χ4v) is 2.75. The molecule has 0 atom stereocenters. The zero-order chi connectivity index (χ0) is 17.5. The highest BCUT2D eigenvalue weighted by Crippen LogP contribution is 2.23. The first kappa shape index (κ1) is 17.0. The molecule has 0 saturated carbocycles. The predicted octanol–water partition coefficient (Wildman–Crippen LogP) is 4.91. The molecule has 0 aliphatic heterocycles. The summed E-state index contributed by atoms with van der Waals surface area (Å²) in [5.74, 6) is 1.76. The first-order valence-corrected chi connectivity index (χ1v) is 8.86. The van der Waals surface area contributed by atoms with Gasteiger partial charge in [-0.3, -0.25) is 4.79 Å². The number of aryl methyl sites for hydroxylation is 1. The van der Waals surface area contributed by atoms with Gasteiger partial charge in [-0.2, -0.15) is 0 Å². The van der Waals surface area contributed by atoms with E-state index in [2.05, 4.69) is 10.3 Å². The van der Waals surface area contributed by atoms with Crippen molar-refractivity contribution in [2.75, 3.05) is 11.1 Å². The molecular formula is C20H18N2O2S. The number of amides is 1. The molecule has 1 amide bonds. The van der Waals surface area contributed by atoms with E-state index in [1.54, 1.807) is 6.20 Å². The first-order valence-electron chi connectivity index (χ1n) is 7.87. The highest BCUT2D eigenvalue weighted by Gasteiger charge is 2.05. The number of nitrogens with zero attached hydrogens (tertiary/aromatic N) is 1. The zero-order valence-electron chi connectivity index (χ0n) is 13.8. The van der Waals surface area contributed by atoms with Crippen molar-refractivity contribution in [2.45, 2.75) is 11.9 Å². The van der Waals surface area contributed by atoms with E-state index in [0.717, 1.165) is 27.8 Å². The molecule has 0 fully saturated rings. The van der Waals surface area contributed by atoms with Gasteiger partial charge in [-0.1, -0.05) is 36.0 Å². The molecule has 3 rings (SSSR count). The number of carbonyl (C=O) groups is 1. The van der Waals surface area contributed by atoms with Gasteiger partial charge in [0, 0.05) is 11.9 Å². The summed E-state index contributed by atoms with van der Waals surface area (Å²) in [6.07, 6.45) is 1.80. The molecule has 0 aliphatic rings. The molecular weight excluding hydrogens is 332 g/mol. The van der Waals surface area contributed by atoms with Gasteiger partial charge in [0.1, 0.15) is 11.5 Å². The predicted molar refractivity (Wildman–Crippen MR) is 101 cm³/mol. The maximum atomic E-state index is 12.0. The van der Waals surface area contributed by atoms with Gasteiger partial charge in [-0.05, 0) is 55.0 Å². The summed E-state index contributed by atoms with van der Waals surface area (Å²) in [6, 6.07) is 20.8. The zero-order valence-corrected chi connectivity index (χ0v) is 14.6. The normalized spacial score (nSPS) is 10.3. The summed E-state index contributed by atoms with van der Waals surface area (Å²) in [6.45, 7) is 1.99. The molecule has 1 heterocycles. The largest absolute Gasteiger partial charge is 0.457 e. The van der Waals surface area contributed by atoms with Gasteiger partial charge in [0.2, 0.25) is 5.91 Å². The van der Waals surface area contributed by atoms with Gasteiger partial charge in [-0.25, -0.2) is 4.98 Å². The lowest BCUT2D eigenvalue weighted by atomic mass is 10.3. The van der Waals surface area contributed by atoms with Crippen LogP contribution in [0.25, 0.3) is 0 Å². The number of benzene rings is 2. The molecule has 126 valence electrons. The van der Waals surface area contributed by atoms with Crippen LogP contribution in [0.15, 0.2) is 78.0 Å². The summed E-state index contributed by atoms with van der Waals surface area (Å²) in [5, 5.41) is 3.71. The number of anilines is 1. The highest BCUT2D eigenvalue weighted by molar-refractivity contribution is 7.99. The number of hydrogen-bond donors (Lipinski definition) is 1. The van der Waals surface area contributed by atoms with E-state index in [1.165, 1.54) is 11.8 Å². The molecule has 25 heavy (non-hydrogen) atoms. The summed E-state index contributed by atoms with van der Waals surface area (Å²) in [5.41, 5.74) is 1.84. The number of nitrogens with one attached hydrogen (secondary N) is 1. The van der Waals surface area contributed by atoms with E-state index in [1.807, 2.05) is 73.7 Å². The monoisotopic (exact) mass is 350 g/mol. The third kappa shape index (κ3) is 5.36.